The van der Waals surface area contributed by atoms with Gasteiger partial charge in [0.2, 0.25) is 0 Å². The molecule has 8 nitrogen and oxygen atoms in total. The average Bonchev–Trinajstić information content (AvgIpc) is 3.20. The molecule has 0 N–H and O–H groups in total. The van der Waals surface area contributed by atoms with E-state index in [1.54, 1.807) is 0 Å². The lowest BCUT2D eigenvalue weighted by molar-refractivity contribution is -0.145. The van der Waals surface area contributed by atoms with Gasteiger partial charge in [-0.1, -0.05) is 176 Å². The SMILES string of the molecule is CCCCC(CCCC)CCOC(=O)CCCCCCCCCC(CCCCCCCCCC(=O)OCCC(CCCC)CCCC)OC(=O)OCCN(C)CC. The van der Waals surface area contributed by atoms with Crippen molar-refractivity contribution in [1.82, 2.24) is 4.90 Å². The fraction of sp³-hybridized carbons (Fsp3) is 0.939. The molecule has 0 aliphatic rings. The summed E-state index contributed by atoms with van der Waals surface area (Å²) >= 11 is 0. The molecule has 8 heteroatoms. The molecule has 0 aromatic heterocycles. The van der Waals surface area contributed by atoms with Crippen molar-refractivity contribution in [2.45, 2.75) is 246 Å². The third kappa shape index (κ3) is 38.1. The first kappa shape index (κ1) is 55.2. The Morgan fingerprint density at radius 3 is 1.16 bits per heavy atom. The van der Waals surface area contributed by atoms with E-state index < -0.39 is 6.16 Å². The van der Waals surface area contributed by atoms with Crippen LogP contribution < -0.4 is 0 Å². The van der Waals surface area contributed by atoms with Crippen molar-refractivity contribution in [1.29, 1.82) is 0 Å². The van der Waals surface area contributed by atoms with Crippen molar-refractivity contribution in [3.63, 3.8) is 0 Å². The van der Waals surface area contributed by atoms with E-state index in [2.05, 4.69) is 39.5 Å². The molecule has 0 saturated heterocycles. The van der Waals surface area contributed by atoms with E-state index >= 15 is 0 Å². The highest BCUT2D eigenvalue weighted by Crippen LogP contribution is 2.22. The number of esters is 2. The molecule has 0 radical (unpaired) electrons. The molecule has 0 rings (SSSR count). The number of carbonyl (C=O) groups is 3. The Labute approximate surface area is 353 Å². The number of hydrogen-bond donors (Lipinski definition) is 0. The summed E-state index contributed by atoms with van der Waals surface area (Å²) in [6.45, 7) is 14.2. The maximum Gasteiger partial charge on any atom is 0.508 e. The van der Waals surface area contributed by atoms with Crippen molar-refractivity contribution in [2.24, 2.45) is 11.8 Å². The summed E-state index contributed by atoms with van der Waals surface area (Å²) in [5, 5.41) is 0. The molecule has 0 heterocycles. The number of unbranched alkanes of at least 4 members (excludes halogenated alkanes) is 16. The van der Waals surface area contributed by atoms with Gasteiger partial charge in [-0.2, -0.15) is 0 Å². The maximum absolute atomic E-state index is 12.5. The average molecular weight is 810 g/mol. The van der Waals surface area contributed by atoms with Crippen LogP contribution in [0.2, 0.25) is 0 Å². The van der Waals surface area contributed by atoms with E-state index in [4.69, 9.17) is 18.9 Å². The van der Waals surface area contributed by atoms with Gasteiger partial charge in [0.15, 0.2) is 0 Å². The van der Waals surface area contributed by atoms with Crippen LogP contribution >= 0.6 is 0 Å². The smallest absolute Gasteiger partial charge is 0.466 e. The van der Waals surface area contributed by atoms with Crippen LogP contribution in [0.5, 0.6) is 0 Å². The molecular weight excluding hydrogens is 715 g/mol. The lowest BCUT2D eigenvalue weighted by atomic mass is 9.93. The van der Waals surface area contributed by atoms with Gasteiger partial charge < -0.3 is 23.8 Å². The quantitative estimate of drug-likeness (QED) is 0.0342. The molecule has 0 spiro atoms. The Hall–Kier alpha value is -1.83. The zero-order valence-electron chi connectivity index (χ0n) is 38.7. The standard InChI is InChI=1S/C49H95NO7/c1-7-12-30-44(31-13-8-2)38-41-54-47(51)36-28-24-20-16-18-22-26-34-46(57-49(53)56-43-40-50(6)11-5)35-27-23-19-17-21-25-29-37-48(52)55-42-39-45(32-14-9-3)33-15-10-4/h44-46H,7-43H2,1-6H3. The molecule has 0 amide bonds. The van der Waals surface area contributed by atoms with Gasteiger partial charge in [-0.05, 0) is 76.8 Å². The zero-order chi connectivity index (χ0) is 42.0. The van der Waals surface area contributed by atoms with Gasteiger partial charge >= 0.3 is 18.1 Å². The predicted molar refractivity (Wildman–Crippen MR) is 239 cm³/mol. The monoisotopic (exact) mass is 810 g/mol. The highest BCUT2D eigenvalue weighted by atomic mass is 16.7. The summed E-state index contributed by atoms with van der Waals surface area (Å²) in [6.07, 6.45) is 34.5. The van der Waals surface area contributed by atoms with Crippen LogP contribution in [0, 0.1) is 11.8 Å². The second-order valence-electron chi connectivity index (χ2n) is 17.1. The van der Waals surface area contributed by atoms with Crippen LogP contribution in [0.25, 0.3) is 0 Å². The second kappa shape index (κ2) is 42.3. The third-order valence-electron chi connectivity index (χ3n) is 11.8. The first-order valence-electron chi connectivity index (χ1n) is 24.6. The second-order valence-corrected chi connectivity index (χ2v) is 17.1. The molecule has 338 valence electrons. The summed E-state index contributed by atoms with van der Waals surface area (Å²) in [4.78, 5) is 39.1. The first-order valence-corrected chi connectivity index (χ1v) is 24.6. The molecular formula is C49H95NO7. The minimum atomic E-state index is -0.540. The Morgan fingerprint density at radius 1 is 0.421 bits per heavy atom. The highest BCUT2D eigenvalue weighted by molar-refractivity contribution is 5.69. The highest BCUT2D eigenvalue weighted by Gasteiger charge is 2.16. The van der Waals surface area contributed by atoms with Gasteiger partial charge in [0.25, 0.3) is 0 Å². The Balaban J connectivity index is 4.23. The summed E-state index contributed by atoms with van der Waals surface area (Å²) < 4.78 is 22.4. The molecule has 0 aliphatic heterocycles. The van der Waals surface area contributed by atoms with E-state index in [0.717, 1.165) is 109 Å². The predicted octanol–water partition coefficient (Wildman–Crippen LogP) is 14.3. The molecule has 0 bridgehead atoms. The Bertz CT molecular complexity index is 827. The Kier molecular flexibility index (Phi) is 40.9. The van der Waals surface area contributed by atoms with Gasteiger partial charge in [-0.25, -0.2) is 4.79 Å². The minimum Gasteiger partial charge on any atom is -0.466 e. The lowest BCUT2D eigenvalue weighted by Gasteiger charge is -2.19. The van der Waals surface area contributed by atoms with Crippen LogP contribution in [0.3, 0.4) is 0 Å². The Morgan fingerprint density at radius 2 is 0.789 bits per heavy atom. The van der Waals surface area contributed by atoms with E-state index in [1.165, 1.54) is 89.9 Å². The number of carbonyl (C=O) groups excluding carboxylic acids is 3. The molecule has 0 aromatic carbocycles. The summed E-state index contributed by atoms with van der Waals surface area (Å²) in [5.74, 6) is 1.33. The van der Waals surface area contributed by atoms with E-state index in [9.17, 15) is 14.4 Å². The molecule has 0 aliphatic carbocycles. The number of nitrogens with zero attached hydrogens (tertiary/aromatic N) is 1. The molecule has 0 atom stereocenters. The normalized spacial score (nSPS) is 11.6. The summed E-state index contributed by atoms with van der Waals surface area (Å²) in [7, 11) is 2.01. The molecule has 0 unspecified atom stereocenters. The van der Waals surface area contributed by atoms with Crippen LogP contribution in [-0.4, -0.2) is 69.1 Å². The molecule has 0 fully saturated rings. The minimum absolute atomic E-state index is 0.0325. The van der Waals surface area contributed by atoms with Crippen LogP contribution in [-0.2, 0) is 28.5 Å². The zero-order valence-corrected chi connectivity index (χ0v) is 38.7. The molecule has 0 saturated carbocycles. The maximum atomic E-state index is 12.5. The number of likely N-dealkylation sites (N-methyl/N-ethyl adjacent to an activating group) is 1. The van der Waals surface area contributed by atoms with Gasteiger partial charge in [-0.15, -0.1) is 0 Å². The molecule has 0 aromatic rings. The van der Waals surface area contributed by atoms with Gasteiger partial charge in [0.1, 0.15) is 12.7 Å². The van der Waals surface area contributed by atoms with Crippen molar-refractivity contribution in [3.8, 4) is 0 Å². The fourth-order valence-electron chi connectivity index (χ4n) is 7.59. The fourth-order valence-corrected chi connectivity index (χ4v) is 7.59. The van der Waals surface area contributed by atoms with E-state index in [1.807, 2.05) is 7.05 Å². The third-order valence-corrected chi connectivity index (χ3v) is 11.8. The van der Waals surface area contributed by atoms with Crippen LogP contribution in [0.1, 0.15) is 240 Å². The van der Waals surface area contributed by atoms with Gasteiger partial charge in [0, 0.05) is 19.4 Å². The van der Waals surface area contributed by atoms with Gasteiger partial charge in [0.05, 0.1) is 13.2 Å². The number of ether oxygens (including phenoxy) is 4. The van der Waals surface area contributed by atoms with Crippen LogP contribution in [0.15, 0.2) is 0 Å². The van der Waals surface area contributed by atoms with E-state index in [0.29, 0.717) is 51.0 Å². The van der Waals surface area contributed by atoms with Crippen LogP contribution in [0.4, 0.5) is 4.79 Å². The summed E-state index contributed by atoms with van der Waals surface area (Å²) in [5.41, 5.74) is 0. The lowest BCUT2D eigenvalue weighted by Crippen LogP contribution is -2.26. The van der Waals surface area contributed by atoms with Gasteiger partial charge in [-0.3, -0.25) is 9.59 Å². The topological polar surface area (TPSA) is 91.4 Å². The first-order chi connectivity index (χ1) is 27.8. The number of rotatable bonds is 43. The van der Waals surface area contributed by atoms with Crippen molar-refractivity contribution < 1.29 is 33.3 Å². The summed E-state index contributed by atoms with van der Waals surface area (Å²) in [6, 6.07) is 0. The largest absolute Gasteiger partial charge is 0.508 e. The molecule has 57 heavy (non-hydrogen) atoms. The van der Waals surface area contributed by atoms with Crippen molar-refractivity contribution in [2.75, 3.05) is 40.0 Å². The van der Waals surface area contributed by atoms with E-state index in [-0.39, 0.29) is 18.0 Å². The number of hydrogen-bond acceptors (Lipinski definition) is 8. The van der Waals surface area contributed by atoms with Crippen molar-refractivity contribution in [3.05, 3.63) is 0 Å². The van der Waals surface area contributed by atoms with Crippen molar-refractivity contribution >= 4 is 18.1 Å².